The van der Waals surface area contributed by atoms with Gasteiger partial charge < -0.3 is 4.74 Å². The second kappa shape index (κ2) is 8.02. The van der Waals surface area contributed by atoms with Crippen LogP contribution in [0.5, 0.6) is 0 Å². The molecule has 1 fully saturated rings. The van der Waals surface area contributed by atoms with E-state index in [9.17, 15) is 13.2 Å². The average molecular weight is 381 g/mol. The van der Waals surface area contributed by atoms with Gasteiger partial charge >= 0.3 is 6.18 Å². The van der Waals surface area contributed by atoms with Gasteiger partial charge in [0.15, 0.2) is 0 Å². The Morgan fingerprint density at radius 1 is 1.15 bits per heavy atom. The Morgan fingerprint density at radius 2 is 1.78 bits per heavy atom. The molecule has 0 amide bonds. The molecule has 1 saturated heterocycles. The van der Waals surface area contributed by atoms with Crippen LogP contribution >= 0.6 is 0 Å². The molecule has 0 spiro atoms. The number of hydrogen-bond acceptors (Lipinski definition) is 3. The molecule has 3 rings (SSSR count). The number of methoxy groups -OCH3 is 1. The smallest absolute Gasteiger partial charge is 0.381 e. The molecule has 1 aromatic heterocycles. The van der Waals surface area contributed by atoms with E-state index in [2.05, 4.69) is 4.90 Å². The SMILES string of the molecule is COC1CCN(Cc2cc(-c3ccc(C(F)(F)F)cc3)n(C(C)C)n2)CC1. The van der Waals surface area contributed by atoms with Crippen LogP contribution in [0.15, 0.2) is 30.3 Å². The van der Waals surface area contributed by atoms with Gasteiger partial charge in [-0.1, -0.05) is 12.1 Å². The zero-order chi connectivity index (χ0) is 19.6. The third-order valence-corrected chi connectivity index (χ3v) is 5.04. The third kappa shape index (κ3) is 4.71. The summed E-state index contributed by atoms with van der Waals surface area (Å²) in [6.45, 7) is 6.71. The minimum absolute atomic E-state index is 0.121. The minimum Gasteiger partial charge on any atom is -0.381 e. The first-order valence-electron chi connectivity index (χ1n) is 9.29. The molecule has 27 heavy (non-hydrogen) atoms. The highest BCUT2D eigenvalue weighted by Crippen LogP contribution is 2.32. The van der Waals surface area contributed by atoms with Gasteiger partial charge in [-0.2, -0.15) is 18.3 Å². The fourth-order valence-electron chi connectivity index (χ4n) is 3.49. The summed E-state index contributed by atoms with van der Waals surface area (Å²) in [6, 6.07) is 7.41. The monoisotopic (exact) mass is 381 g/mol. The van der Waals surface area contributed by atoms with Crippen LogP contribution in [-0.4, -0.2) is 41.0 Å². The first-order valence-corrected chi connectivity index (χ1v) is 9.29. The Morgan fingerprint density at radius 3 is 2.30 bits per heavy atom. The molecule has 0 saturated carbocycles. The van der Waals surface area contributed by atoms with Crippen molar-refractivity contribution in [1.82, 2.24) is 14.7 Å². The van der Waals surface area contributed by atoms with Gasteiger partial charge in [-0.25, -0.2) is 0 Å². The topological polar surface area (TPSA) is 30.3 Å². The van der Waals surface area contributed by atoms with Crippen molar-refractivity contribution in [2.45, 2.75) is 51.6 Å². The molecule has 0 N–H and O–H groups in total. The van der Waals surface area contributed by atoms with Crippen molar-refractivity contribution >= 4 is 0 Å². The summed E-state index contributed by atoms with van der Waals surface area (Å²) in [7, 11) is 1.75. The van der Waals surface area contributed by atoms with Crippen molar-refractivity contribution in [3.8, 4) is 11.3 Å². The number of hydrogen-bond donors (Lipinski definition) is 0. The lowest BCUT2D eigenvalue weighted by Gasteiger charge is -2.30. The summed E-state index contributed by atoms with van der Waals surface area (Å²) in [5.41, 5.74) is 1.90. The van der Waals surface area contributed by atoms with Crippen molar-refractivity contribution in [2.24, 2.45) is 0 Å². The second-order valence-corrected chi connectivity index (χ2v) is 7.35. The van der Waals surface area contributed by atoms with Crippen molar-refractivity contribution < 1.29 is 17.9 Å². The van der Waals surface area contributed by atoms with Gasteiger partial charge in [-0.3, -0.25) is 9.58 Å². The van der Waals surface area contributed by atoms with Gasteiger partial charge in [0.05, 0.1) is 23.1 Å². The van der Waals surface area contributed by atoms with Crippen LogP contribution in [0.4, 0.5) is 13.2 Å². The summed E-state index contributed by atoms with van der Waals surface area (Å²) < 4.78 is 45.7. The highest BCUT2D eigenvalue weighted by atomic mass is 19.4. The highest BCUT2D eigenvalue weighted by molar-refractivity contribution is 5.60. The maximum atomic E-state index is 12.8. The zero-order valence-electron chi connectivity index (χ0n) is 16.0. The Labute approximate surface area is 157 Å². The maximum absolute atomic E-state index is 12.8. The number of likely N-dealkylation sites (tertiary alicyclic amines) is 1. The molecule has 4 nitrogen and oxygen atoms in total. The largest absolute Gasteiger partial charge is 0.416 e. The molecule has 0 bridgehead atoms. The molecule has 0 radical (unpaired) electrons. The number of piperidine rings is 1. The standard InChI is InChI=1S/C20H26F3N3O/c1-14(2)26-19(15-4-6-16(7-5-15)20(21,22)23)12-17(24-26)13-25-10-8-18(27-3)9-11-25/h4-7,12,14,18H,8-11,13H2,1-3H3. The van der Waals surface area contributed by atoms with E-state index in [1.165, 1.54) is 12.1 Å². The van der Waals surface area contributed by atoms with Crippen LogP contribution in [0, 0.1) is 0 Å². The minimum atomic E-state index is -4.32. The molecule has 2 heterocycles. The number of alkyl halides is 3. The van der Waals surface area contributed by atoms with E-state index in [0.717, 1.165) is 61.6 Å². The fraction of sp³-hybridized carbons (Fsp3) is 0.550. The van der Waals surface area contributed by atoms with Crippen molar-refractivity contribution in [3.63, 3.8) is 0 Å². The lowest BCUT2D eigenvalue weighted by Crippen LogP contribution is -2.36. The van der Waals surface area contributed by atoms with Crippen LogP contribution in [0.3, 0.4) is 0 Å². The van der Waals surface area contributed by atoms with Crippen LogP contribution in [0.1, 0.15) is 44.0 Å². The van der Waals surface area contributed by atoms with E-state index in [-0.39, 0.29) is 6.04 Å². The summed E-state index contributed by atoms with van der Waals surface area (Å²) in [5.74, 6) is 0. The molecular weight excluding hydrogens is 355 g/mol. The number of rotatable bonds is 5. The Balaban J connectivity index is 1.79. The highest BCUT2D eigenvalue weighted by Gasteiger charge is 2.30. The lowest BCUT2D eigenvalue weighted by atomic mass is 10.1. The molecule has 0 atom stereocenters. The van der Waals surface area contributed by atoms with Crippen molar-refractivity contribution in [2.75, 3.05) is 20.2 Å². The first kappa shape index (κ1) is 19.9. The van der Waals surface area contributed by atoms with Crippen LogP contribution < -0.4 is 0 Å². The second-order valence-electron chi connectivity index (χ2n) is 7.35. The molecule has 0 unspecified atom stereocenters. The molecule has 1 aromatic carbocycles. The normalized spacial score (nSPS) is 17.0. The number of aromatic nitrogens is 2. The van der Waals surface area contributed by atoms with E-state index >= 15 is 0 Å². The molecule has 0 aliphatic carbocycles. The number of nitrogens with zero attached hydrogens (tertiary/aromatic N) is 3. The van der Waals surface area contributed by atoms with Crippen LogP contribution in [0.25, 0.3) is 11.3 Å². The number of benzene rings is 1. The third-order valence-electron chi connectivity index (χ3n) is 5.04. The van der Waals surface area contributed by atoms with Gasteiger partial charge in [-0.05, 0) is 50.5 Å². The molecule has 1 aliphatic rings. The lowest BCUT2D eigenvalue weighted by molar-refractivity contribution is -0.137. The van der Waals surface area contributed by atoms with E-state index in [4.69, 9.17) is 9.84 Å². The van der Waals surface area contributed by atoms with Gasteiger partial charge in [0, 0.05) is 32.8 Å². The Bertz CT molecular complexity index is 745. The molecule has 2 aromatic rings. The molecule has 1 aliphatic heterocycles. The fourth-order valence-corrected chi connectivity index (χ4v) is 3.49. The molecule has 148 valence electrons. The summed E-state index contributed by atoms with van der Waals surface area (Å²) in [5, 5.41) is 4.71. The van der Waals surface area contributed by atoms with Crippen LogP contribution in [-0.2, 0) is 17.5 Å². The van der Waals surface area contributed by atoms with Crippen molar-refractivity contribution in [3.05, 3.63) is 41.6 Å². The zero-order valence-corrected chi connectivity index (χ0v) is 16.0. The summed E-state index contributed by atoms with van der Waals surface area (Å²) in [6.07, 6.45) is -1.98. The van der Waals surface area contributed by atoms with Gasteiger partial charge in [0.2, 0.25) is 0 Å². The number of ether oxygens (including phenoxy) is 1. The van der Waals surface area contributed by atoms with Gasteiger partial charge in [0.1, 0.15) is 0 Å². The average Bonchev–Trinajstić information content (AvgIpc) is 3.06. The Kier molecular flexibility index (Phi) is 5.91. The van der Waals surface area contributed by atoms with Crippen LogP contribution in [0.2, 0.25) is 0 Å². The summed E-state index contributed by atoms with van der Waals surface area (Å²) in [4.78, 5) is 2.35. The first-order chi connectivity index (χ1) is 12.8. The number of halogens is 3. The van der Waals surface area contributed by atoms with E-state index < -0.39 is 11.7 Å². The van der Waals surface area contributed by atoms with Gasteiger partial charge in [-0.15, -0.1) is 0 Å². The van der Waals surface area contributed by atoms with Gasteiger partial charge in [0.25, 0.3) is 0 Å². The molecular formula is C20H26F3N3O. The van der Waals surface area contributed by atoms with Crippen molar-refractivity contribution in [1.29, 1.82) is 0 Å². The van der Waals surface area contributed by atoms with E-state index in [1.807, 2.05) is 24.6 Å². The van der Waals surface area contributed by atoms with E-state index in [1.54, 1.807) is 7.11 Å². The molecule has 7 heteroatoms. The summed E-state index contributed by atoms with van der Waals surface area (Å²) >= 11 is 0. The maximum Gasteiger partial charge on any atom is 0.416 e. The quantitative estimate of drug-likeness (QED) is 0.748. The predicted molar refractivity (Wildman–Crippen MR) is 98.4 cm³/mol. The predicted octanol–water partition coefficient (Wildman–Crippen LogP) is 4.76. The Hall–Kier alpha value is -1.86. The van der Waals surface area contributed by atoms with E-state index in [0.29, 0.717) is 6.10 Å².